The molecule has 0 heterocycles. The van der Waals surface area contributed by atoms with Crippen molar-refractivity contribution in [1.82, 2.24) is 10.2 Å². The number of nitrogens with zero attached hydrogens (tertiary/aromatic N) is 2. The van der Waals surface area contributed by atoms with Crippen LogP contribution in [0.1, 0.15) is 16.7 Å². The lowest BCUT2D eigenvalue weighted by Crippen LogP contribution is -2.53. The number of benzene rings is 4. The summed E-state index contributed by atoms with van der Waals surface area (Å²) in [6.07, 6.45) is 0.256. The first-order valence-electron chi connectivity index (χ1n) is 13.6. The molecule has 9 heteroatoms. The average molecular weight is 586 g/mol. The molecule has 4 rings (SSSR count). The van der Waals surface area contributed by atoms with Gasteiger partial charge in [-0.25, -0.2) is 8.42 Å². The van der Waals surface area contributed by atoms with Crippen LogP contribution in [0.15, 0.2) is 114 Å². The van der Waals surface area contributed by atoms with Gasteiger partial charge in [-0.3, -0.25) is 13.9 Å². The van der Waals surface area contributed by atoms with Crippen molar-refractivity contribution in [2.75, 3.05) is 25.0 Å². The number of hydrogen-bond donors (Lipinski definition) is 1. The van der Waals surface area contributed by atoms with Crippen LogP contribution in [0, 0.1) is 6.92 Å². The zero-order valence-electron chi connectivity index (χ0n) is 23.9. The van der Waals surface area contributed by atoms with Crippen molar-refractivity contribution in [3.63, 3.8) is 0 Å². The molecule has 4 aromatic rings. The van der Waals surface area contributed by atoms with Gasteiger partial charge in [0, 0.05) is 20.0 Å². The van der Waals surface area contributed by atoms with E-state index in [9.17, 15) is 18.0 Å². The maximum atomic E-state index is 14.3. The molecule has 0 saturated carbocycles. The van der Waals surface area contributed by atoms with E-state index >= 15 is 0 Å². The highest BCUT2D eigenvalue weighted by Gasteiger charge is 2.34. The molecule has 0 saturated heterocycles. The summed E-state index contributed by atoms with van der Waals surface area (Å²) in [5.74, 6) is -0.318. The molecule has 0 bridgehead atoms. The van der Waals surface area contributed by atoms with Crippen LogP contribution in [0.3, 0.4) is 0 Å². The van der Waals surface area contributed by atoms with Crippen LogP contribution in [0.4, 0.5) is 5.69 Å². The van der Waals surface area contributed by atoms with Crippen molar-refractivity contribution in [2.24, 2.45) is 0 Å². The lowest BCUT2D eigenvalue weighted by Gasteiger charge is -2.33. The van der Waals surface area contributed by atoms with Gasteiger partial charge in [-0.15, -0.1) is 0 Å². The largest absolute Gasteiger partial charge is 0.497 e. The maximum Gasteiger partial charge on any atom is 0.264 e. The minimum atomic E-state index is -4.16. The fourth-order valence-electron chi connectivity index (χ4n) is 4.62. The second-order valence-corrected chi connectivity index (χ2v) is 11.7. The number of aryl methyl sites for hydroxylation is 1. The van der Waals surface area contributed by atoms with Gasteiger partial charge in [-0.1, -0.05) is 78.4 Å². The smallest absolute Gasteiger partial charge is 0.264 e. The van der Waals surface area contributed by atoms with Crippen LogP contribution in [0.5, 0.6) is 5.75 Å². The number of likely N-dealkylation sites (N-methyl/N-ethyl adjacent to an activating group) is 1. The molecule has 1 atom stereocenters. The summed E-state index contributed by atoms with van der Waals surface area (Å²) in [4.78, 5) is 29.0. The second kappa shape index (κ2) is 13.8. The summed E-state index contributed by atoms with van der Waals surface area (Å²) in [7, 11) is -1.11. The molecule has 218 valence electrons. The number of nitrogens with one attached hydrogen (secondary N) is 1. The SMILES string of the molecule is CNC(=O)[C@H](Cc1ccccc1)N(Cc1ccccc1)C(=O)CN(c1ccc(OC)cc1)S(=O)(=O)c1ccc(C)cc1. The molecule has 0 aliphatic heterocycles. The summed E-state index contributed by atoms with van der Waals surface area (Å²) >= 11 is 0. The lowest BCUT2D eigenvalue weighted by molar-refractivity contribution is -0.139. The zero-order chi connectivity index (χ0) is 30.1. The summed E-state index contributed by atoms with van der Waals surface area (Å²) in [5.41, 5.74) is 2.88. The summed E-state index contributed by atoms with van der Waals surface area (Å²) < 4.78 is 34.4. The van der Waals surface area contributed by atoms with Crippen molar-refractivity contribution in [3.8, 4) is 5.75 Å². The molecule has 4 aromatic carbocycles. The quantitative estimate of drug-likeness (QED) is 0.263. The Bertz CT molecular complexity index is 1580. The van der Waals surface area contributed by atoms with Crippen LogP contribution in [0.2, 0.25) is 0 Å². The first-order chi connectivity index (χ1) is 20.2. The van der Waals surface area contributed by atoms with Crippen molar-refractivity contribution < 1.29 is 22.7 Å². The highest BCUT2D eigenvalue weighted by atomic mass is 32.2. The van der Waals surface area contributed by atoms with E-state index in [4.69, 9.17) is 4.74 Å². The highest BCUT2D eigenvalue weighted by molar-refractivity contribution is 7.92. The first kappa shape index (κ1) is 30.3. The Morgan fingerprint density at radius 3 is 1.93 bits per heavy atom. The number of hydrogen-bond acceptors (Lipinski definition) is 5. The molecule has 0 fully saturated rings. The molecule has 1 N–H and O–H groups in total. The van der Waals surface area contributed by atoms with Gasteiger partial charge in [0.25, 0.3) is 10.0 Å². The second-order valence-electron chi connectivity index (χ2n) is 9.85. The maximum absolute atomic E-state index is 14.3. The third-order valence-corrected chi connectivity index (χ3v) is 8.75. The van der Waals surface area contributed by atoms with E-state index in [1.54, 1.807) is 36.4 Å². The summed E-state index contributed by atoms with van der Waals surface area (Å²) in [5, 5.41) is 2.69. The van der Waals surface area contributed by atoms with Crippen molar-refractivity contribution in [3.05, 3.63) is 126 Å². The van der Waals surface area contributed by atoms with Crippen LogP contribution < -0.4 is 14.4 Å². The van der Waals surface area contributed by atoms with E-state index in [-0.39, 0.29) is 23.8 Å². The van der Waals surface area contributed by atoms with E-state index in [0.29, 0.717) is 11.4 Å². The van der Waals surface area contributed by atoms with Gasteiger partial charge in [0.15, 0.2) is 0 Å². The fraction of sp³-hybridized carbons (Fsp3) is 0.212. The van der Waals surface area contributed by atoms with E-state index < -0.39 is 28.5 Å². The van der Waals surface area contributed by atoms with Gasteiger partial charge in [0.1, 0.15) is 18.3 Å². The Morgan fingerprint density at radius 1 is 0.810 bits per heavy atom. The van der Waals surface area contributed by atoms with Crippen LogP contribution in [-0.2, 0) is 32.6 Å². The monoisotopic (exact) mass is 585 g/mol. The minimum Gasteiger partial charge on any atom is -0.497 e. The Hall–Kier alpha value is -4.63. The number of methoxy groups -OCH3 is 1. The Labute approximate surface area is 247 Å². The van der Waals surface area contributed by atoms with Gasteiger partial charge < -0.3 is 15.0 Å². The van der Waals surface area contributed by atoms with E-state index in [2.05, 4.69) is 5.32 Å². The number of sulfonamides is 1. The van der Waals surface area contributed by atoms with Crippen molar-refractivity contribution in [2.45, 2.75) is 30.8 Å². The first-order valence-corrected chi connectivity index (χ1v) is 15.0. The van der Waals surface area contributed by atoms with Gasteiger partial charge >= 0.3 is 0 Å². The van der Waals surface area contributed by atoms with Gasteiger partial charge in [-0.05, 0) is 54.4 Å². The molecular weight excluding hydrogens is 550 g/mol. The molecule has 42 heavy (non-hydrogen) atoms. The molecule has 0 unspecified atom stereocenters. The minimum absolute atomic E-state index is 0.0541. The zero-order valence-corrected chi connectivity index (χ0v) is 24.8. The van der Waals surface area contributed by atoms with Gasteiger partial charge in [0.05, 0.1) is 17.7 Å². The molecule has 0 aliphatic carbocycles. The molecular formula is C33H35N3O5S. The van der Waals surface area contributed by atoms with Crippen molar-refractivity contribution >= 4 is 27.5 Å². The molecule has 0 spiro atoms. The fourth-order valence-corrected chi connectivity index (χ4v) is 6.03. The Morgan fingerprint density at radius 2 is 1.38 bits per heavy atom. The number of carbonyl (C=O) groups excluding carboxylic acids is 2. The van der Waals surface area contributed by atoms with Crippen LogP contribution in [-0.4, -0.2) is 51.9 Å². The predicted octanol–water partition coefficient (Wildman–Crippen LogP) is 4.59. The Kier molecular flexibility index (Phi) is 9.98. The molecule has 0 aromatic heterocycles. The Balaban J connectivity index is 1.77. The third kappa shape index (κ3) is 7.36. The normalized spacial score (nSPS) is 11.8. The summed E-state index contributed by atoms with van der Waals surface area (Å²) in [6.45, 7) is 1.47. The molecule has 0 radical (unpaired) electrons. The number of carbonyl (C=O) groups is 2. The number of amides is 2. The predicted molar refractivity (Wildman–Crippen MR) is 164 cm³/mol. The molecule has 8 nitrogen and oxygen atoms in total. The van der Waals surface area contributed by atoms with Crippen LogP contribution in [0.25, 0.3) is 0 Å². The van der Waals surface area contributed by atoms with Crippen molar-refractivity contribution in [1.29, 1.82) is 0 Å². The lowest BCUT2D eigenvalue weighted by atomic mass is 10.0. The number of ether oxygens (including phenoxy) is 1. The average Bonchev–Trinajstić information content (AvgIpc) is 3.02. The highest BCUT2D eigenvalue weighted by Crippen LogP contribution is 2.27. The van der Waals surface area contributed by atoms with Crippen LogP contribution >= 0.6 is 0 Å². The van der Waals surface area contributed by atoms with Gasteiger partial charge in [-0.2, -0.15) is 0 Å². The standard InChI is InChI=1S/C33H35N3O5S/c1-25-14-20-30(21-15-25)42(39,40)36(28-16-18-29(41-3)19-17-28)24-32(37)35(23-27-12-8-5-9-13-27)31(33(38)34-2)22-26-10-6-4-7-11-26/h4-21,31H,22-24H2,1-3H3,(H,34,38)/t31-/m0/s1. The summed E-state index contributed by atoms with van der Waals surface area (Å²) in [6, 6.07) is 30.8. The van der Waals surface area contributed by atoms with E-state index in [1.165, 1.54) is 31.2 Å². The van der Waals surface area contributed by atoms with E-state index in [0.717, 1.165) is 21.0 Å². The molecule has 0 aliphatic rings. The van der Waals surface area contributed by atoms with Gasteiger partial charge in [0.2, 0.25) is 11.8 Å². The van der Waals surface area contributed by atoms with E-state index in [1.807, 2.05) is 67.6 Å². The number of anilines is 1. The topological polar surface area (TPSA) is 96.0 Å². The molecule has 2 amide bonds. The number of rotatable bonds is 12. The third-order valence-electron chi connectivity index (χ3n) is 6.96.